The van der Waals surface area contributed by atoms with Gasteiger partial charge in [0, 0.05) is 22.8 Å². The Morgan fingerprint density at radius 2 is 2.21 bits per heavy atom. The third kappa shape index (κ3) is 2.68. The minimum atomic E-state index is -0.475. The van der Waals surface area contributed by atoms with Gasteiger partial charge in [0.05, 0.1) is 18.1 Å². The molecular weight excluding hydrogens is 313 g/mol. The molecule has 1 aliphatic carbocycles. The molecule has 0 saturated heterocycles. The number of carbonyl (C=O) groups excluding carboxylic acids is 1. The maximum atomic E-state index is 13.0. The Morgan fingerprint density at radius 1 is 1.42 bits per heavy atom. The first-order valence-corrected chi connectivity index (χ1v) is 6.72. The second-order valence-corrected chi connectivity index (χ2v) is 5.44. The van der Waals surface area contributed by atoms with Crippen LogP contribution in [0.4, 0.5) is 10.1 Å². The van der Waals surface area contributed by atoms with Crippen LogP contribution in [0.3, 0.4) is 0 Å². The van der Waals surface area contributed by atoms with Crippen molar-refractivity contribution in [2.24, 2.45) is 0 Å². The molecule has 1 saturated carbocycles. The molecule has 98 valence electrons. The Labute approximate surface area is 117 Å². The quantitative estimate of drug-likeness (QED) is 0.941. The zero-order valence-corrected chi connectivity index (χ0v) is 11.5. The molecule has 0 atom stereocenters. The maximum absolute atomic E-state index is 13.0. The second kappa shape index (κ2) is 4.77. The fraction of sp³-hybridized carbons (Fsp3) is 0.231. The summed E-state index contributed by atoms with van der Waals surface area (Å²) in [5.41, 5.74) is 0.920. The van der Waals surface area contributed by atoms with Gasteiger partial charge in [0.2, 0.25) is 0 Å². The smallest absolute Gasteiger partial charge is 0.272 e. The number of anilines is 1. The highest BCUT2D eigenvalue weighted by atomic mass is 79.9. The van der Waals surface area contributed by atoms with Crippen molar-refractivity contribution < 1.29 is 9.18 Å². The number of hydrogen-bond donors (Lipinski definition) is 1. The van der Waals surface area contributed by atoms with Crippen molar-refractivity contribution in [3.8, 4) is 0 Å². The average molecular weight is 324 g/mol. The molecule has 1 fully saturated rings. The first kappa shape index (κ1) is 12.3. The van der Waals surface area contributed by atoms with E-state index in [4.69, 9.17) is 0 Å². The lowest BCUT2D eigenvalue weighted by Gasteiger charge is -2.08. The molecule has 19 heavy (non-hydrogen) atoms. The largest absolute Gasteiger partial charge is 0.339 e. The van der Waals surface area contributed by atoms with Crippen molar-refractivity contribution in [3.05, 3.63) is 46.7 Å². The van der Waals surface area contributed by atoms with Gasteiger partial charge in [-0.15, -0.1) is 0 Å². The molecule has 2 heterocycles. The summed E-state index contributed by atoms with van der Waals surface area (Å²) in [6.45, 7) is 0. The summed E-state index contributed by atoms with van der Waals surface area (Å²) in [6.07, 6.45) is 6.59. The highest BCUT2D eigenvalue weighted by Crippen LogP contribution is 2.37. The minimum absolute atomic E-state index is 0.259. The van der Waals surface area contributed by atoms with Gasteiger partial charge >= 0.3 is 0 Å². The number of halogens is 2. The maximum Gasteiger partial charge on any atom is 0.272 e. The molecule has 0 unspecified atom stereocenters. The molecular formula is C13H11BrFN3O. The zero-order chi connectivity index (χ0) is 13.4. The molecule has 1 N–H and O–H groups in total. The Kier molecular flexibility index (Phi) is 3.10. The highest BCUT2D eigenvalue weighted by Gasteiger charge is 2.27. The number of carbonyl (C=O) groups is 1. The van der Waals surface area contributed by atoms with Crippen molar-refractivity contribution >= 4 is 27.5 Å². The standard InChI is InChI=1S/C13H11BrFN3O/c14-8-3-12(18(7-8)11-1-2-11)13(19)17-10-4-9(15)5-16-6-10/h3-7,11H,1-2H2,(H,17,19). The van der Waals surface area contributed by atoms with Gasteiger partial charge in [-0.05, 0) is 34.8 Å². The van der Waals surface area contributed by atoms with Crippen molar-refractivity contribution in [2.75, 3.05) is 5.32 Å². The van der Waals surface area contributed by atoms with Crippen LogP contribution >= 0.6 is 15.9 Å². The van der Waals surface area contributed by atoms with Gasteiger partial charge < -0.3 is 9.88 Å². The second-order valence-electron chi connectivity index (χ2n) is 4.53. The van der Waals surface area contributed by atoms with Crippen LogP contribution in [-0.2, 0) is 0 Å². The van der Waals surface area contributed by atoms with Crippen LogP contribution in [0.25, 0.3) is 0 Å². The van der Waals surface area contributed by atoms with E-state index >= 15 is 0 Å². The third-order valence-electron chi connectivity index (χ3n) is 2.95. The Bertz CT molecular complexity index is 637. The van der Waals surface area contributed by atoms with Crippen LogP contribution in [0.2, 0.25) is 0 Å². The van der Waals surface area contributed by atoms with E-state index in [1.807, 2.05) is 10.8 Å². The van der Waals surface area contributed by atoms with E-state index < -0.39 is 5.82 Å². The van der Waals surface area contributed by atoms with Gasteiger partial charge in [-0.25, -0.2) is 4.39 Å². The lowest BCUT2D eigenvalue weighted by molar-refractivity contribution is 0.101. The normalized spacial score (nSPS) is 14.4. The molecule has 2 aromatic rings. The molecule has 0 bridgehead atoms. The van der Waals surface area contributed by atoms with E-state index in [1.54, 1.807) is 6.07 Å². The lowest BCUT2D eigenvalue weighted by atomic mass is 10.3. The van der Waals surface area contributed by atoms with Crippen LogP contribution < -0.4 is 5.32 Å². The van der Waals surface area contributed by atoms with Crippen LogP contribution in [0.1, 0.15) is 29.4 Å². The van der Waals surface area contributed by atoms with Gasteiger partial charge in [-0.3, -0.25) is 9.78 Å². The third-order valence-corrected chi connectivity index (χ3v) is 3.38. The summed E-state index contributed by atoms with van der Waals surface area (Å²) >= 11 is 3.37. The number of nitrogens with one attached hydrogen (secondary N) is 1. The number of hydrogen-bond acceptors (Lipinski definition) is 2. The first-order valence-electron chi connectivity index (χ1n) is 5.93. The van der Waals surface area contributed by atoms with Crippen LogP contribution in [0, 0.1) is 5.82 Å². The van der Waals surface area contributed by atoms with Crippen molar-refractivity contribution in [1.82, 2.24) is 9.55 Å². The van der Waals surface area contributed by atoms with E-state index in [1.165, 1.54) is 12.3 Å². The molecule has 2 aromatic heterocycles. The molecule has 0 radical (unpaired) electrons. The van der Waals surface area contributed by atoms with Gasteiger partial charge in [0.25, 0.3) is 5.91 Å². The SMILES string of the molecule is O=C(Nc1cncc(F)c1)c1cc(Br)cn1C1CC1. The van der Waals surface area contributed by atoms with E-state index in [2.05, 4.69) is 26.2 Å². The van der Waals surface area contributed by atoms with Gasteiger partial charge in [0.1, 0.15) is 11.5 Å². The summed E-state index contributed by atoms with van der Waals surface area (Å²) in [6, 6.07) is 3.41. The minimum Gasteiger partial charge on any atom is -0.339 e. The number of pyridine rings is 1. The monoisotopic (exact) mass is 323 g/mol. The van der Waals surface area contributed by atoms with E-state index in [0.717, 1.165) is 23.5 Å². The Hall–Kier alpha value is -1.69. The van der Waals surface area contributed by atoms with Crippen molar-refractivity contribution in [2.45, 2.75) is 18.9 Å². The van der Waals surface area contributed by atoms with E-state index in [9.17, 15) is 9.18 Å². The molecule has 0 spiro atoms. The summed E-state index contributed by atoms with van der Waals surface area (Å²) in [7, 11) is 0. The Morgan fingerprint density at radius 3 is 2.89 bits per heavy atom. The highest BCUT2D eigenvalue weighted by molar-refractivity contribution is 9.10. The molecule has 6 heteroatoms. The summed E-state index contributed by atoms with van der Waals surface area (Å²) in [5.74, 6) is -0.735. The predicted molar refractivity (Wildman–Crippen MR) is 72.6 cm³/mol. The van der Waals surface area contributed by atoms with Gasteiger partial charge in [-0.1, -0.05) is 0 Å². The molecule has 1 amide bonds. The van der Waals surface area contributed by atoms with Crippen LogP contribution in [0.15, 0.2) is 35.2 Å². The fourth-order valence-electron chi connectivity index (χ4n) is 1.96. The van der Waals surface area contributed by atoms with E-state index in [-0.39, 0.29) is 5.91 Å². The van der Waals surface area contributed by atoms with Gasteiger partial charge in [0.15, 0.2) is 0 Å². The molecule has 3 rings (SSSR count). The number of nitrogens with zero attached hydrogens (tertiary/aromatic N) is 2. The zero-order valence-electron chi connectivity index (χ0n) is 9.94. The van der Waals surface area contributed by atoms with Crippen LogP contribution in [0.5, 0.6) is 0 Å². The fourth-order valence-corrected chi connectivity index (χ4v) is 2.40. The predicted octanol–water partition coefficient (Wildman–Crippen LogP) is 3.37. The summed E-state index contributed by atoms with van der Waals surface area (Å²) < 4.78 is 15.8. The molecule has 4 nitrogen and oxygen atoms in total. The van der Waals surface area contributed by atoms with Gasteiger partial charge in [-0.2, -0.15) is 0 Å². The Balaban J connectivity index is 1.84. The number of aromatic nitrogens is 2. The first-order chi connectivity index (χ1) is 9.13. The van der Waals surface area contributed by atoms with Crippen LogP contribution in [-0.4, -0.2) is 15.5 Å². The molecule has 0 aromatic carbocycles. The topological polar surface area (TPSA) is 46.9 Å². The summed E-state index contributed by atoms with van der Waals surface area (Å²) in [4.78, 5) is 15.9. The molecule has 1 aliphatic rings. The van der Waals surface area contributed by atoms with Crippen molar-refractivity contribution in [1.29, 1.82) is 0 Å². The average Bonchev–Trinajstić information content (AvgIpc) is 3.12. The molecule has 0 aliphatic heterocycles. The van der Waals surface area contributed by atoms with Crippen molar-refractivity contribution in [3.63, 3.8) is 0 Å². The number of rotatable bonds is 3. The van der Waals surface area contributed by atoms with E-state index in [0.29, 0.717) is 17.4 Å². The summed E-state index contributed by atoms with van der Waals surface area (Å²) in [5, 5.41) is 2.65. The number of amides is 1. The lowest BCUT2D eigenvalue weighted by Crippen LogP contribution is -2.16.